The Morgan fingerprint density at radius 1 is 1.09 bits per heavy atom. The molecule has 0 unspecified atom stereocenters. The topological polar surface area (TPSA) is 30.5 Å². The normalized spacial score (nSPS) is 9.27. The van der Waals surface area contributed by atoms with Crippen LogP contribution in [0.15, 0.2) is 0 Å². The van der Waals surface area contributed by atoms with Gasteiger partial charge in [0, 0.05) is 13.2 Å². The van der Waals surface area contributed by atoms with Crippen molar-refractivity contribution in [2.45, 2.75) is 27.1 Å². The first-order valence-corrected chi connectivity index (χ1v) is 4.04. The van der Waals surface area contributed by atoms with E-state index < -0.39 is 0 Å². The Balaban J connectivity index is 0. The molecule has 11 heavy (non-hydrogen) atoms. The van der Waals surface area contributed by atoms with Crippen LogP contribution in [0.5, 0.6) is 0 Å². The zero-order valence-corrected chi connectivity index (χ0v) is 8.31. The van der Waals surface area contributed by atoms with Crippen LogP contribution in [0.25, 0.3) is 0 Å². The van der Waals surface area contributed by atoms with Crippen LogP contribution in [0.3, 0.4) is 0 Å². The second kappa shape index (κ2) is 12.5. The molecule has 0 aliphatic heterocycles. The summed E-state index contributed by atoms with van der Waals surface area (Å²) in [6.45, 7) is 7.25. The molecule has 0 rings (SSSR count). The van der Waals surface area contributed by atoms with Gasteiger partial charge in [0.2, 0.25) is 0 Å². The highest BCUT2D eigenvalue weighted by Crippen LogP contribution is 1.90. The summed E-state index contributed by atoms with van der Waals surface area (Å²) < 4.78 is 10.1. The van der Waals surface area contributed by atoms with Crippen molar-refractivity contribution in [2.75, 3.05) is 27.3 Å². The molecule has 70 valence electrons. The fourth-order valence-electron chi connectivity index (χ4n) is 0.518. The lowest BCUT2D eigenvalue weighted by Crippen LogP contribution is -2.11. The summed E-state index contributed by atoms with van der Waals surface area (Å²) in [5.41, 5.74) is 0. The molecule has 0 bridgehead atoms. The fraction of sp³-hybridized carbons (Fsp3) is 1.00. The average Bonchev–Trinajstić information content (AvgIpc) is 1.90. The monoisotopic (exact) mass is 163 g/mol. The van der Waals surface area contributed by atoms with E-state index in [2.05, 4.69) is 5.32 Å². The molecule has 0 aromatic rings. The molecule has 0 heterocycles. The number of rotatable bonds is 4. The maximum atomic E-state index is 5.06. The fourth-order valence-corrected chi connectivity index (χ4v) is 0.518. The number of ether oxygens (including phenoxy) is 2. The van der Waals surface area contributed by atoms with Crippen molar-refractivity contribution in [3.63, 3.8) is 0 Å². The number of hydrogen-bond acceptors (Lipinski definition) is 3. The predicted molar refractivity (Wildman–Crippen MR) is 47.7 cm³/mol. The summed E-state index contributed by atoms with van der Waals surface area (Å²) in [6.07, 6.45) is -0.0370. The van der Waals surface area contributed by atoms with E-state index in [4.69, 9.17) is 9.47 Å². The van der Waals surface area contributed by atoms with Gasteiger partial charge in [0.1, 0.15) is 0 Å². The van der Waals surface area contributed by atoms with E-state index in [1.54, 1.807) is 0 Å². The first-order valence-electron chi connectivity index (χ1n) is 4.04. The molecule has 0 atom stereocenters. The third-order valence-corrected chi connectivity index (χ3v) is 0.803. The van der Waals surface area contributed by atoms with Gasteiger partial charge in [0.15, 0.2) is 6.29 Å². The average molecular weight is 163 g/mol. The summed E-state index contributed by atoms with van der Waals surface area (Å²) >= 11 is 0. The van der Waals surface area contributed by atoms with E-state index in [1.807, 2.05) is 34.9 Å². The lowest BCUT2D eigenvalue weighted by atomic mass is 10.7. The van der Waals surface area contributed by atoms with Gasteiger partial charge >= 0.3 is 0 Å². The molecular weight excluding hydrogens is 142 g/mol. The summed E-state index contributed by atoms with van der Waals surface area (Å²) in [7, 11) is 3.75. The van der Waals surface area contributed by atoms with E-state index in [0.29, 0.717) is 0 Å². The van der Waals surface area contributed by atoms with Gasteiger partial charge in [-0.15, -0.1) is 0 Å². The minimum absolute atomic E-state index is 0.0370. The quantitative estimate of drug-likeness (QED) is 0.632. The van der Waals surface area contributed by atoms with Crippen LogP contribution < -0.4 is 5.32 Å². The van der Waals surface area contributed by atoms with E-state index in [0.717, 1.165) is 13.2 Å². The molecule has 0 aliphatic carbocycles. The predicted octanol–water partition coefficient (Wildman–Crippen LogP) is 1.24. The van der Waals surface area contributed by atoms with Crippen molar-refractivity contribution in [1.82, 2.24) is 5.32 Å². The van der Waals surface area contributed by atoms with Crippen LogP contribution in [0, 0.1) is 0 Å². The highest BCUT2D eigenvalue weighted by molar-refractivity contribution is 4.26. The molecule has 3 nitrogen and oxygen atoms in total. The van der Waals surface area contributed by atoms with Gasteiger partial charge in [-0.1, -0.05) is 0 Å². The lowest BCUT2D eigenvalue weighted by Gasteiger charge is -2.09. The highest BCUT2D eigenvalue weighted by Gasteiger charge is 1.94. The molecule has 0 saturated heterocycles. The molecule has 0 aromatic carbocycles. The standard InChI is InChI=1S/C6H14O2.C2H7N/c1-4-7-6(3)8-5-2;1-3-2/h6H,4-5H2,1-3H3;3H,1-2H3. The zero-order valence-electron chi connectivity index (χ0n) is 8.31. The van der Waals surface area contributed by atoms with Gasteiger partial charge in [0.25, 0.3) is 0 Å². The third-order valence-electron chi connectivity index (χ3n) is 0.803. The zero-order chi connectivity index (χ0) is 9.11. The third kappa shape index (κ3) is 17.7. The maximum Gasteiger partial charge on any atom is 0.154 e. The van der Waals surface area contributed by atoms with Crippen LogP contribution in [0.1, 0.15) is 20.8 Å². The Morgan fingerprint density at radius 2 is 1.36 bits per heavy atom. The smallest absolute Gasteiger partial charge is 0.154 e. The molecule has 0 saturated carbocycles. The van der Waals surface area contributed by atoms with Crippen molar-refractivity contribution in [3.05, 3.63) is 0 Å². The summed E-state index contributed by atoms with van der Waals surface area (Å²) in [4.78, 5) is 0. The Bertz CT molecular complexity index is 54.1. The molecule has 0 aromatic heterocycles. The van der Waals surface area contributed by atoms with Crippen molar-refractivity contribution in [2.24, 2.45) is 0 Å². The molecule has 0 aliphatic rings. The SMILES string of the molecule is CCOC(C)OCC.CNC. The van der Waals surface area contributed by atoms with Crippen LogP contribution in [0.2, 0.25) is 0 Å². The molecule has 0 fully saturated rings. The van der Waals surface area contributed by atoms with Crippen molar-refractivity contribution < 1.29 is 9.47 Å². The Morgan fingerprint density at radius 3 is 1.55 bits per heavy atom. The Labute approximate surface area is 70.1 Å². The van der Waals surface area contributed by atoms with Gasteiger partial charge in [-0.3, -0.25) is 0 Å². The molecule has 0 radical (unpaired) electrons. The Kier molecular flexibility index (Phi) is 15.4. The van der Waals surface area contributed by atoms with E-state index >= 15 is 0 Å². The molecular formula is C8H21NO2. The van der Waals surface area contributed by atoms with Gasteiger partial charge < -0.3 is 14.8 Å². The van der Waals surface area contributed by atoms with Gasteiger partial charge in [0.05, 0.1) is 0 Å². The first kappa shape index (κ1) is 13.5. The van der Waals surface area contributed by atoms with Crippen LogP contribution in [0.4, 0.5) is 0 Å². The molecule has 1 N–H and O–H groups in total. The van der Waals surface area contributed by atoms with Gasteiger partial charge in [-0.25, -0.2) is 0 Å². The van der Waals surface area contributed by atoms with Crippen LogP contribution in [-0.2, 0) is 9.47 Å². The largest absolute Gasteiger partial charge is 0.353 e. The minimum atomic E-state index is -0.0370. The summed E-state index contributed by atoms with van der Waals surface area (Å²) in [6, 6.07) is 0. The molecule has 0 amide bonds. The first-order chi connectivity index (χ1) is 5.22. The van der Waals surface area contributed by atoms with Crippen molar-refractivity contribution in [1.29, 1.82) is 0 Å². The van der Waals surface area contributed by atoms with E-state index in [9.17, 15) is 0 Å². The van der Waals surface area contributed by atoms with Gasteiger partial charge in [-0.2, -0.15) is 0 Å². The summed E-state index contributed by atoms with van der Waals surface area (Å²) in [5, 5.41) is 2.75. The van der Waals surface area contributed by atoms with Crippen LogP contribution >= 0.6 is 0 Å². The van der Waals surface area contributed by atoms with Crippen LogP contribution in [-0.4, -0.2) is 33.6 Å². The number of nitrogens with one attached hydrogen (secondary N) is 1. The van der Waals surface area contributed by atoms with Crippen molar-refractivity contribution in [3.8, 4) is 0 Å². The lowest BCUT2D eigenvalue weighted by molar-refractivity contribution is -0.123. The van der Waals surface area contributed by atoms with Gasteiger partial charge in [-0.05, 0) is 34.9 Å². The minimum Gasteiger partial charge on any atom is -0.353 e. The van der Waals surface area contributed by atoms with Crippen molar-refractivity contribution >= 4 is 0 Å². The maximum absolute atomic E-state index is 5.06. The van der Waals surface area contributed by atoms with E-state index in [1.165, 1.54) is 0 Å². The number of hydrogen-bond donors (Lipinski definition) is 1. The second-order valence-corrected chi connectivity index (χ2v) is 1.98. The Hall–Kier alpha value is -0.120. The van der Waals surface area contributed by atoms with E-state index in [-0.39, 0.29) is 6.29 Å². The molecule has 0 spiro atoms. The molecule has 3 heteroatoms. The summed E-state index contributed by atoms with van der Waals surface area (Å²) in [5.74, 6) is 0. The second-order valence-electron chi connectivity index (χ2n) is 1.98. The highest BCUT2D eigenvalue weighted by atomic mass is 16.7.